The quantitative estimate of drug-likeness (QED) is 0.431. The predicted octanol–water partition coefficient (Wildman–Crippen LogP) is 2.95. The molecule has 1 aliphatic heterocycles. The number of amides is 3. The molecule has 170 valence electrons. The van der Waals surface area contributed by atoms with Gasteiger partial charge in [-0.15, -0.1) is 0 Å². The standard InChI is InChI=1S/C24H19N5O4S/c1-14-6-8-15(9-7-14)12-19-23(32)28(24(33)34-19)11-10-25-21(30)17-13-26-29-18-5-3-2-4-16(18)22(31)27-20(17)29/h2-9,12-13H,10-11H2,1H3,(H,25,30)(H,27,31)/b19-12-. The number of aryl methyl sites for hydroxylation is 1. The van der Waals surface area contributed by atoms with Crippen LogP contribution in [0.1, 0.15) is 21.5 Å². The second-order valence-electron chi connectivity index (χ2n) is 7.79. The third kappa shape index (κ3) is 3.88. The minimum Gasteiger partial charge on any atom is -0.350 e. The van der Waals surface area contributed by atoms with Crippen LogP contribution in [0.4, 0.5) is 4.79 Å². The first-order valence-corrected chi connectivity index (χ1v) is 11.3. The van der Waals surface area contributed by atoms with E-state index < -0.39 is 11.8 Å². The van der Waals surface area contributed by atoms with Gasteiger partial charge in [0.05, 0.1) is 22.0 Å². The van der Waals surface area contributed by atoms with Crippen LogP contribution in [0.2, 0.25) is 0 Å². The lowest BCUT2D eigenvalue weighted by Crippen LogP contribution is -2.37. The molecule has 4 aromatic rings. The highest BCUT2D eigenvalue weighted by Gasteiger charge is 2.34. The number of nitrogens with one attached hydrogen (secondary N) is 2. The van der Waals surface area contributed by atoms with Gasteiger partial charge in [-0.2, -0.15) is 5.10 Å². The summed E-state index contributed by atoms with van der Waals surface area (Å²) in [5.74, 6) is -0.861. The van der Waals surface area contributed by atoms with Crippen LogP contribution in [0.3, 0.4) is 0 Å². The molecular formula is C24H19N5O4S. The third-order valence-corrected chi connectivity index (χ3v) is 6.40. The van der Waals surface area contributed by atoms with Crippen molar-refractivity contribution in [2.75, 3.05) is 13.1 Å². The van der Waals surface area contributed by atoms with Gasteiger partial charge in [-0.05, 0) is 42.5 Å². The highest BCUT2D eigenvalue weighted by molar-refractivity contribution is 8.18. The topological polar surface area (TPSA) is 117 Å². The molecule has 0 spiro atoms. The molecule has 3 heterocycles. The minimum absolute atomic E-state index is 0.0281. The number of benzene rings is 2. The van der Waals surface area contributed by atoms with Gasteiger partial charge in [0.1, 0.15) is 11.2 Å². The molecule has 1 saturated heterocycles. The van der Waals surface area contributed by atoms with Crippen molar-refractivity contribution in [1.82, 2.24) is 24.8 Å². The number of H-pyrrole nitrogens is 1. The molecule has 0 aliphatic carbocycles. The number of carbonyl (C=O) groups excluding carboxylic acids is 3. The van der Waals surface area contributed by atoms with Gasteiger partial charge in [0.25, 0.3) is 22.6 Å². The molecule has 3 amide bonds. The first-order chi connectivity index (χ1) is 16.4. The summed E-state index contributed by atoms with van der Waals surface area (Å²) in [5.41, 5.74) is 2.66. The van der Waals surface area contributed by atoms with Crippen LogP contribution >= 0.6 is 11.8 Å². The molecule has 0 saturated carbocycles. The van der Waals surface area contributed by atoms with Gasteiger partial charge in [-0.1, -0.05) is 42.0 Å². The van der Waals surface area contributed by atoms with E-state index in [2.05, 4.69) is 15.4 Å². The van der Waals surface area contributed by atoms with Crippen molar-refractivity contribution in [3.05, 3.63) is 86.7 Å². The van der Waals surface area contributed by atoms with Crippen molar-refractivity contribution in [3.8, 4) is 0 Å². The largest absolute Gasteiger partial charge is 0.350 e. The fourth-order valence-corrected chi connectivity index (χ4v) is 4.59. The molecule has 0 atom stereocenters. The van der Waals surface area contributed by atoms with E-state index in [-0.39, 0.29) is 35.1 Å². The number of aromatic amines is 1. The number of hydrogen-bond acceptors (Lipinski definition) is 6. The van der Waals surface area contributed by atoms with E-state index in [1.54, 1.807) is 30.3 Å². The Bertz CT molecular complexity index is 1550. The molecule has 34 heavy (non-hydrogen) atoms. The zero-order chi connectivity index (χ0) is 23.8. The fourth-order valence-electron chi connectivity index (χ4n) is 3.73. The first kappa shape index (κ1) is 21.7. The molecule has 10 heteroatoms. The molecule has 9 nitrogen and oxygen atoms in total. The van der Waals surface area contributed by atoms with Gasteiger partial charge >= 0.3 is 0 Å². The molecule has 2 aromatic heterocycles. The fraction of sp³-hybridized carbons (Fsp3) is 0.125. The van der Waals surface area contributed by atoms with Crippen LogP contribution in [-0.4, -0.2) is 49.6 Å². The number of fused-ring (bicyclic) bond motifs is 3. The Hall–Kier alpha value is -4.18. The summed E-state index contributed by atoms with van der Waals surface area (Å²) in [7, 11) is 0. The van der Waals surface area contributed by atoms with Gasteiger partial charge in [0, 0.05) is 13.1 Å². The van der Waals surface area contributed by atoms with Crippen LogP contribution in [-0.2, 0) is 4.79 Å². The van der Waals surface area contributed by atoms with Crippen molar-refractivity contribution in [2.45, 2.75) is 6.92 Å². The molecule has 5 rings (SSSR count). The van der Waals surface area contributed by atoms with Crippen LogP contribution in [0.15, 0.2) is 64.4 Å². The molecule has 0 radical (unpaired) electrons. The van der Waals surface area contributed by atoms with E-state index in [9.17, 15) is 19.2 Å². The second-order valence-corrected chi connectivity index (χ2v) is 8.78. The Morgan fingerprint density at radius 3 is 2.68 bits per heavy atom. The average molecular weight is 474 g/mol. The van der Waals surface area contributed by atoms with Gasteiger partial charge in [0.2, 0.25) is 0 Å². The van der Waals surface area contributed by atoms with Gasteiger partial charge in [-0.25, -0.2) is 4.52 Å². The normalized spacial score (nSPS) is 15.1. The van der Waals surface area contributed by atoms with Crippen molar-refractivity contribution in [3.63, 3.8) is 0 Å². The molecule has 0 bridgehead atoms. The number of aromatic nitrogens is 3. The first-order valence-electron chi connectivity index (χ1n) is 10.5. The summed E-state index contributed by atoms with van der Waals surface area (Å²) in [5, 5.41) is 7.00. The number of thioether (sulfide) groups is 1. The molecule has 2 N–H and O–H groups in total. The van der Waals surface area contributed by atoms with E-state index in [1.165, 1.54) is 10.7 Å². The maximum atomic E-state index is 12.7. The van der Waals surface area contributed by atoms with Crippen LogP contribution < -0.4 is 10.9 Å². The summed E-state index contributed by atoms with van der Waals surface area (Å²) >= 11 is 0.875. The number of carbonyl (C=O) groups is 3. The Morgan fingerprint density at radius 2 is 1.88 bits per heavy atom. The van der Waals surface area contributed by atoms with E-state index >= 15 is 0 Å². The van der Waals surface area contributed by atoms with Crippen LogP contribution in [0.5, 0.6) is 0 Å². The maximum Gasteiger partial charge on any atom is 0.293 e. The van der Waals surface area contributed by atoms with E-state index in [1.807, 2.05) is 31.2 Å². The molecular weight excluding hydrogens is 454 g/mol. The summed E-state index contributed by atoms with van der Waals surface area (Å²) in [4.78, 5) is 54.3. The molecule has 1 aliphatic rings. The highest BCUT2D eigenvalue weighted by Crippen LogP contribution is 2.31. The van der Waals surface area contributed by atoms with Crippen molar-refractivity contribution in [2.24, 2.45) is 0 Å². The molecule has 1 fully saturated rings. The van der Waals surface area contributed by atoms with Gasteiger partial charge in [-0.3, -0.25) is 24.1 Å². The Balaban J connectivity index is 1.28. The van der Waals surface area contributed by atoms with Gasteiger partial charge < -0.3 is 10.3 Å². The Labute approximate surface area is 197 Å². The maximum absolute atomic E-state index is 12.7. The zero-order valence-electron chi connectivity index (χ0n) is 18.1. The summed E-state index contributed by atoms with van der Waals surface area (Å²) < 4.78 is 1.50. The monoisotopic (exact) mass is 473 g/mol. The molecule has 0 unspecified atom stereocenters. The summed E-state index contributed by atoms with van der Waals surface area (Å²) in [6, 6.07) is 14.6. The predicted molar refractivity (Wildman–Crippen MR) is 130 cm³/mol. The van der Waals surface area contributed by atoms with Crippen molar-refractivity contribution >= 4 is 51.4 Å². The summed E-state index contributed by atoms with van der Waals surface area (Å²) in [6.07, 6.45) is 3.06. The number of hydrogen-bond donors (Lipinski definition) is 2. The van der Waals surface area contributed by atoms with E-state index in [0.717, 1.165) is 27.8 Å². The van der Waals surface area contributed by atoms with E-state index in [0.29, 0.717) is 15.8 Å². The lowest BCUT2D eigenvalue weighted by atomic mass is 10.1. The van der Waals surface area contributed by atoms with Crippen LogP contribution in [0, 0.1) is 6.92 Å². The Morgan fingerprint density at radius 1 is 1.12 bits per heavy atom. The number of rotatable bonds is 5. The molecule has 2 aromatic carbocycles. The lowest BCUT2D eigenvalue weighted by molar-refractivity contribution is -0.122. The van der Waals surface area contributed by atoms with Crippen LogP contribution in [0.25, 0.3) is 22.6 Å². The number of nitrogens with zero attached hydrogens (tertiary/aromatic N) is 3. The lowest BCUT2D eigenvalue weighted by Gasteiger charge is -2.12. The van der Waals surface area contributed by atoms with E-state index in [4.69, 9.17) is 0 Å². The smallest absolute Gasteiger partial charge is 0.293 e. The SMILES string of the molecule is Cc1ccc(/C=C2\SC(=O)N(CCNC(=O)c3cnn4c3[nH]c(=O)c3ccccc34)C2=O)cc1. The number of imide groups is 1. The third-order valence-electron chi connectivity index (χ3n) is 5.49. The van der Waals surface area contributed by atoms with Crippen molar-refractivity contribution < 1.29 is 14.4 Å². The van der Waals surface area contributed by atoms with Crippen molar-refractivity contribution in [1.29, 1.82) is 0 Å². The van der Waals surface area contributed by atoms with Gasteiger partial charge in [0.15, 0.2) is 0 Å². The zero-order valence-corrected chi connectivity index (χ0v) is 18.9. The summed E-state index contributed by atoms with van der Waals surface area (Å²) in [6.45, 7) is 2.06. The average Bonchev–Trinajstić information content (AvgIpc) is 3.37. The minimum atomic E-state index is -0.469. The second kappa shape index (κ2) is 8.64. The Kier molecular flexibility index (Phi) is 5.50. The highest BCUT2D eigenvalue weighted by atomic mass is 32.2. The number of para-hydroxylation sites is 1.